The molecule has 1 saturated heterocycles. The number of ether oxygens (including phenoxy) is 1. The molecule has 0 radical (unpaired) electrons. The van der Waals surface area contributed by atoms with Gasteiger partial charge in [0, 0.05) is 30.3 Å². The standard InChI is InChI=1S/C16H23BrFNO/c1-12(2)19-11-16(5-7-20-8-6-16)10-13-3-4-14(17)9-15(13)18/h3-4,9,12,19H,5-8,10-11H2,1-2H3. The minimum Gasteiger partial charge on any atom is -0.381 e. The average molecular weight is 344 g/mol. The summed E-state index contributed by atoms with van der Waals surface area (Å²) in [6.45, 7) is 6.76. The molecule has 0 aromatic heterocycles. The summed E-state index contributed by atoms with van der Waals surface area (Å²) >= 11 is 3.31. The van der Waals surface area contributed by atoms with Crippen LogP contribution in [0, 0.1) is 11.2 Å². The van der Waals surface area contributed by atoms with E-state index in [-0.39, 0.29) is 11.2 Å². The molecule has 0 saturated carbocycles. The van der Waals surface area contributed by atoms with Crippen LogP contribution in [-0.2, 0) is 11.2 Å². The lowest BCUT2D eigenvalue weighted by atomic mass is 9.75. The highest BCUT2D eigenvalue weighted by molar-refractivity contribution is 9.10. The summed E-state index contributed by atoms with van der Waals surface area (Å²) < 4.78 is 20.4. The van der Waals surface area contributed by atoms with Gasteiger partial charge in [-0.15, -0.1) is 0 Å². The first kappa shape index (κ1) is 15.9. The van der Waals surface area contributed by atoms with Gasteiger partial charge < -0.3 is 10.1 Å². The second-order valence-electron chi connectivity index (χ2n) is 6.06. The van der Waals surface area contributed by atoms with E-state index in [2.05, 4.69) is 35.1 Å². The maximum absolute atomic E-state index is 14.1. The van der Waals surface area contributed by atoms with Crippen LogP contribution in [0.3, 0.4) is 0 Å². The van der Waals surface area contributed by atoms with Crippen LogP contribution in [0.25, 0.3) is 0 Å². The summed E-state index contributed by atoms with van der Waals surface area (Å²) in [5.74, 6) is -0.116. The minimum atomic E-state index is -0.116. The Morgan fingerprint density at radius 3 is 2.65 bits per heavy atom. The van der Waals surface area contributed by atoms with E-state index in [4.69, 9.17) is 4.74 Å². The zero-order chi connectivity index (χ0) is 14.6. The number of rotatable bonds is 5. The van der Waals surface area contributed by atoms with Crippen molar-refractivity contribution in [1.29, 1.82) is 0 Å². The molecule has 1 fully saturated rings. The summed E-state index contributed by atoms with van der Waals surface area (Å²) in [5, 5.41) is 3.52. The van der Waals surface area contributed by atoms with Gasteiger partial charge in [0.05, 0.1) is 0 Å². The zero-order valence-electron chi connectivity index (χ0n) is 12.2. The molecular weight excluding hydrogens is 321 g/mol. The van der Waals surface area contributed by atoms with Crippen LogP contribution in [0.1, 0.15) is 32.3 Å². The van der Waals surface area contributed by atoms with Gasteiger partial charge in [-0.3, -0.25) is 0 Å². The van der Waals surface area contributed by atoms with Crippen LogP contribution in [0.2, 0.25) is 0 Å². The molecule has 0 spiro atoms. The monoisotopic (exact) mass is 343 g/mol. The van der Waals surface area contributed by atoms with Gasteiger partial charge in [0.25, 0.3) is 0 Å². The number of hydrogen-bond acceptors (Lipinski definition) is 2. The maximum atomic E-state index is 14.1. The quantitative estimate of drug-likeness (QED) is 0.874. The van der Waals surface area contributed by atoms with Crippen molar-refractivity contribution in [1.82, 2.24) is 5.32 Å². The van der Waals surface area contributed by atoms with Gasteiger partial charge in [0.2, 0.25) is 0 Å². The number of nitrogens with one attached hydrogen (secondary N) is 1. The first-order valence-electron chi connectivity index (χ1n) is 7.26. The highest BCUT2D eigenvalue weighted by Crippen LogP contribution is 2.35. The molecule has 0 unspecified atom stereocenters. The van der Waals surface area contributed by atoms with Gasteiger partial charge in [-0.1, -0.05) is 35.8 Å². The SMILES string of the molecule is CC(C)NCC1(Cc2ccc(Br)cc2F)CCOCC1. The topological polar surface area (TPSA) is 21.3 Å². The van der Waals surface area contributed by atoms with Crippen molar-refractivity contribution in [3.63, 3.8) is 0 Å². The van der Waals surface area contributed by atoms with Gasteiger partial charge in [0.15, 0.2) is 0 Å². The maximum Gasteiger partial charge on any atom is 0.127 e. The molecule has 112 valence electrons. The molecule has 2 rings (SSSR count). The number of hydrogen-bond donors (Lipinski definition) is 1. The summed E-state index contributed by atoms with van der Waals surface area (Å²) in [6, 6.07) is 5.82. The average Bonchev–Trinajstić information content (AvgIpc) is 2.41. The fraction of sp³-hybridized carbons (Fsp3) is 0.625. The molecular formula is C16H23BrFNO. The van der Waals surface area contributed by atoms with Crippen LogP contribution in [-0.4, -0.2) is 25.8 Å². The van der Waals surface area contributed by atoms with Crippen molar-refractivity contribution in [3.05, 3.63) is 34.1 Å². The van der Waals surface area contributed by atoms with Crippen LogP contribution in [0.4, 0.5) is 4.39 Å². The van der Waals surface area contributed by atoms with E-state index in [0.29, 0.717) is 6.04 Å². The summed E-state index contributed by atoms with van der Waals surface area (Å²) in [5.41, 5.74) is 0.914. The summed E-state index contributed by atoms with van der Waals surface area (Å²) in [7, 11) is 0. The van der Waals surface area contributed by atoms with Crippen molar-refractivity contribution >= 4 is 15.9 Å². The Morgan fingerprint density at radius 1 is 1.35 bits per heavy atom. The van der Waals surface area contributed by atoms with Gasteiger partial charge in [-0.2, -0.15) is 0 Å². The minimum absolute atomic E-state index is 0.108. The van der Waals surface area contributed by atoms with Gasteiger partial charge in [0.1, 0.15) is 5.82 Å². The predicted octanol–water partition coefficient (Wildman–Crippen LogP) is 3.93. The fourth-order valence-corrected chi connectivity index (χ4v) is 3.04. The Balaban J connectivity index is 2.14. The zero-order valence-corrected chi connectivity index (χ0v) is 13.8. The number of halogens is 2. The molecule has 0 amide bonds. The molecule has 2 nitrogen and oxygen atoms in total. The first-order chi connectivity index (χ1) is 9.51. The van der Waals surface area contributed by atoms with Gasteiger partial charge in [-0.05, 0) is 42.4 Å². The lowest BCUT2D eigenvalue weighted by Gasteiger charge is -2.38. The lowest BCUT2D eigenvalue weighted by Crippen LogP contribution is -2.43. The molecule has 1 aromatic rings. The van der Waals surface area contributed by atoms with E-state index in [0.717, 1.165) is 49.1 Å². The highest BCUT2D eigenvalue weighted by atomic mass is 79.9. The molecule has 0 aliphatic carbocycles. The van der Waals surface area contributed by atoms with Crippen molar-refractivity contribution in [2.45, 2.75) is 39.2 Å². The Labute approximate surface area is 129 Å². The van der Waals surface area contributed by atoms with Crippen LogP contribution < -0.4 is 5.32 Å². The third-order valence-electron chi connectivity index (χ3n) is 4.02. The summed E-state index contributed by atoms with van der Waals surface area (Å²) in [6.07, 6.45) is 2.75. The van der Waals surface area contributed by atoms with E-state index in [1.165, 1.54) is 0 Å². The fourth-order valence-electron chi connectivity index (χ4n) is 2.71. The van der Waals surface area contributed by atoms with Crippen LogP contribution in [0.5, 0.6) is 0 Å². The smallest absolute Gasteiger partial charge is 0.127 e. The Kier molecular flexibility index (Phi) is 5.58. The molecule has 0 bridgehead atoms. The molecule has 4 heteroatoms. The van der Waals surface area contributed by atoms with Crippen LogP contribution >= 0.6 is 15.9 Å². The second-order valence-corrected chi connectivity index (χ2v) is 6.98. The van der Waals surface area contributed by atoms with Crippen molar-refractivity contribution in [2.24, 2.45) is 5.41 Å². The predicted molar refractivity (Wildman–Crippen MR) is 83.4 cm³/mol. The van der Waals surface area contributed by atoms with Gasteiger partial charge >= 0.3 is 0 Å². The lowest BCUT2D eigenvalue weighted by molar-refractivity contribution is 0.0137. The van der Waals surface area contributed by atoms with Crippen molar-refractivity contribution < 1.29 is 9.13 Å². The van der Waals surface area contributed by atoms with E-state index in [1.807, 2.05) is 12.1 Å². The number of benzene rings is 1. The van der Waals surface area contributed by atoms with E-state index < -0.39 is 0 Å². The van der Waals surface area contributed by atoms with Gasteiger partial charge in [-0.25, -0.2) is 4.39 Å². The molecule has 20 heavy (non-hydrogen) atoms. The molecule has 0 atom stereocenters. The third-order valence-corrected chi connectivity index (χ3v) is 4.51. The highest BCUT2D eigenvalue weighted by Gasteiger charge is 2.33. The Bertz CT molecular complexity index is 444. The molecule has 1 aliphatic rings. The van der Waals surface area contributed by atoms with E-state index in [9.17, 15) is 4.39 Å². The summed E-state index contributed by atoms with van der Waals surface area (Å²) in [4.78, 5) is 0. The van der Waals surface area contributed by atoms with Crippen molar-refractivity contribution in [3.8, 4) is 0 Å². The first-order valence-corrected chi connectivity index (χ1v) is 8.05. The Morgan fingerprint density at radius 2 is 2.05 bits per heavy atom. The second kappa shape index (κ2) is 7.01. The molecule has 1 aromatic carbocycles. The molecule has 1 heterocycles. The van der Waals surface area contributed by atoms with Crippen LogP contribution in [0.15, 0.2) is 22.7 Å². The van der Waals surface area contributed by atoms with E-state index in [1.54, 1.807) is 6.07 Å². The van der Waals surface area contributed by atoms with E-state index >= 15 is 0 Å². The normalized spacial score (nSPS) is 18.4. The van der Waals surface area contributed by atoms with Crippen molar-refractivity contribution in [2.75, 3.05) is 19.8 Å². The Hall–Kier alpha value is -0.450. The molecule has 1 N–H and O–H groups in total. The third kappa shape index (κ3) is 4.27. The molecule has 1 aliphatic heterocycles. The largest absolute Gasteiger partial charge is 0.381 e.